The Kier molecular flexibility index (Phi) is 9.46. The summed E-state index contributed by atoms with van der Waals surface area (Å²) in [5.74, 6) is -2.17. The number of hydrogen-bond acceptors (Lipinski definition) is 11. The molecule has 2 unspecified atom stereocenters. The van der Waals surface area contributed by atoms with Crippen LogP contribution in [0.2, 0.25) is 0 Å². The average molecular weight is 782 g/mol. The molecule has 0 fully saturated rings. The summed E-state index contributed by atoms with van der Waals surface area (Å²) in [6.45, 7) is 5.92. The highest BCUT2D eigenvalue weighted by Gasteiger charge is 2.38. The first-order valence-corrected chi connectivity index (χ1v) is 20.4. The smallest absolute Gasteiger partial charge is 0.185 e. The van der Waals surface area contributed by atoms with Crippen molar-refractivity contribution >= 4 is 31.7 Å². The van der Waals surface area contributed by atoms with Crippen LogP contribution in [-0.4, -0.2) is 60.2 Å². The second kappa shape index (κ2) is 13.6. The van der Waals surface area contributed by atoms with E-state index in [1.165, 1.54) is 0 Å². The van der Waals surface area contributed by atoms with E-state index in [2.05, 4.69) is 24.8 Å². The van der Waals surface area contributed by atoms with Gasteiger partial charge in [-0.1, -0.05) is 61.9 Å². The molecule has 0 spiro atoms. The number of aliphatic hydroxyl groups excluding tert-OH is 1. The molecule has 0 aromatic heterocycles. The number of likely N-dealkylation sites (N-methyl/N-ethyl adjacent to an activating group) is 1. The number of aromatic hydroxyl groups is 2. The van der Waals surface area contributed by atoms with Gasteiger partial charge in [-0.15, -0.1) is 0 Å². The fourth-order valence-corrected chi connectivity index (χ4v) is 9.45. The van der Waals surface area contributed by atoms with Crippen LogP contribution in [-0.2, 0) is 49.7 Å². The number of hydrogen-bond donors (Lipinski definition) is 3. The molecule has 3 aromatic rings. The molecule has 11 nitrogen and oxygen atoms in total. The molecule has 0 radical (unpaired) electrons. The number of nitrogens with zero attached hydrogens (tertiary/aromatic N) is 1. The minimum absolute atomic E-state index is 0.0108. The molecule has 3 aromatic carbocycles. The molecule has 1 aliphatic heterocycles. The molecule has 4 aliphatic rings. The lowest BCUT2D eigenvalue weighted by Gasteiger charge is -2.30. The van der Waals surface area contributed by atoms with Gasteiger partial charge in [0.25, 0.3) is 0 Å². The summed E-state index contributed by atoms with van der Waals surface area (Å²) in [5.41, 5.74) is 4.85. The van der Waals surface area contributed by atoms with E-state index >= 15 is 0 Å². The quantitative estimate of drug-likeness (QED) is 0.288. The van der Waals surface area contributed by atoms with Crippen molar-refractivity contribution in [3.63, 3.8) is 0 Å². The molecule has 0 amide bonds. The van der Waals surface area contributed by atoms with Crippen LogP contribution in [0.15, 0.2) is 123 Å². The van der Waals surface area contributed by atoms with Crippen molar-refractivity contribution in [2.75, 3.05) is 11.9 Å². The summed E-state index contributed by atoms with van der Waals surface area (Å²) < 4.78 is 74.4. The van der Waals surface area contributed by atoms with E-state index in [1.54, 1.807) is 31.2 Å². The van der Waals surface area contributed by atoms with Gasteiger partial charge in [0.1, 0.15) is 31.7 Å². The summed E-state index contributed by atoms with van der Waals surface area (Å²) in [5, 5.41) is 34.7. The van der Waals surface area contributed by atoms with Crippen molar-refractivity contribution in [2.24, 2.45) is 5.92 Å². The van der Waals surface area contributed by atoms with Crippen LogP contribution in [0.1, 0.15) is 53.6 Å². The normalized spacial score (nSPS) is 22.5. The number of phenols is 2. The Hall–Kier alpha value is -5.05. The summed E-state index contributed by atoms with van der Waals surface area (Å²) in [7, 11) is -8.08. The second-order valence-corrected chi connectivity index (χ2v) is 17.9. The van der Waals surface area contributed by atoms with Crippen LogP contribution in [0.5, 0.6) is 11.5 Å². The predicted molar refractivity (Wildman–Crippen MR) is 204 cm³/mol. The van der Waals surface area contributed by atoms with Gasteiger partial charge in [-0.2, -0.15) is 0 Å². The number of carbonyl (C=O) groups is 1. The standard InChI is InChI=1S/C42H41NO10S2/c1-23-11-25-15-29-19-33(54(48,49)50)21-31(40(29)46)17-27-13-24(9-10-37-42(2,3)35-7-5-6-8-36(35)43(37)4)14-28(39(27)45)18-32-22-34(55(51,52)53)20-30(41(32)47)16-26(12-23)38(25)44/h5-14,19-22,31,40,44,46-47H,15-18H2,1-4H3,(H,48,49,50)(H,51,52,53)/p-2. The fraction of sp³-hybridized carbons (Fsp3) is 0.262. The Morgan fingerprint density at radius 3 is 2.05 bits per heavy atom. The molecule has 286 valence electrons. The van der Waals surface area contributed by atoms with Crippen LogP contribution >= 0.6 is 0 Å². The number of phenolic OH excluding ortho intramolecular Hbond substituents is 2. The van der Waals surface area contributed by atoms with E-state index in [1.807, 2.05) is 37.4 Å². The van der Waals surface area contributed by atoms with Gasteiger partial charge in [0, 0.05) is 53.8 Å². The number of ketones is 1. The number of carbonyl (C=O) groups excluding carboxylic acids is 1. The third-order valence-corrected chi connectivity index (χ3v) is 12.6. The van der Waals surface area contributed by atoms with Crippen LogP contribution in [0.3, 0.4) is 0 Å². The Bertz CT molecular complexity index is 2610. The van der Waals surface area contributed by atoms with Crippen molar-refractivity contribution < 1.29 is 46.1 Å². The van der Waals surface area contributed by atoms with E-state index in [4.69, 9.17) is 0 Å². The number of rotatable bonds is 3. The van der Waals surface area contributed by atoms with Crippen LogP contribution < -0.4 is 4.90 Å². The summed E-state index contributed by atoms with van der Waals surface area (Å²) in [4.78, 5) is 15.2. The van der Waals surface area contributed by atoms with Crippen molar-refractivity contribution in [3.05, 3.63) is 151 Å². The van der Waals surface area contributed by atoms with Crippen LogP contribution in [0.25, 0.3) is 0 Å². The Balaban J connectivity index is 1.44. The van der Waals surface area contributed by atoms with Gasteiger partial charge in [-0.25, -0.2) is 16.8 Å². The second-order valence-electron chi connectivity index (χ2n) is 15.1. The summed E-state index contributed by atoms with van der Waals surface area (Å²) in [6.07, 6.45) is 6.95. The molecular weight excluding hydrogens is 743 g/mol. The van der Waals surface area contributed by atoms with Crippen LogP contribution in [0.4, 0.5) is 5.69 Å². The maximum Gasteiger partial charge on any atom is 0.185 e. The van der Waals surface area contributed by atoms with Gasteiger partial charge in [0.05, 0.1) is 15.9 Å². The lowest BCUT2D eigenvalue weighted by molar-refractivity contribution is -0.112. The molecule has 3 aliphatic carbocycles. The van der Waals surface area contributed by atoms with Crippen molar-refractivity contribution in [1.29, 1.82) is 0 Å². The minimum Gasteiger partial charge on any atom is -0.744 e. The van der Waals surface area contributed by atoms with E-state index < -0.39 is 47.8 Å². The number of Topliss-reactive ketones (excluding diaryl/α,β-unsaturated/α-hetero) is 1. The van der Waals surface area contributed by atoms with Gasteiger partial charge >= 0.3 is 0 Å². The number of aliphatic hydroxyl groups is 1. The predicted octanol–water partition coefficient (Wildman–Crippen LogP) is 5.41. The first-order chi connectivity index (χ1) is 25.7. The zero-order valence-corrected chi connectivity index (χ0v) is 32.2. The maximum absolute atomic E-state index is 14.3. The first kappa shape index (κ1) is 38.2. The molecule has 2 atom stereocenters. The monoisotopic (exact) mass is 781 g/mol. The number of para-hydroxylation sites is 1. The zero-order valence-electron chi connectivity index (χ0n) is 30.5. The topological polar surface area (TPSA) is 195 Å². The van der Waals surface area contributed by atoms with E-state index in [9.17, 15) is 46.1 Å². The molecule has 8 bridgehead atoms. The van der Waals surface area contributed by atoms with E-state index in [-0.39, 0.29) is 81.6 Å². The Labute approximate surface area is 320 Å². The van der Waals surface area contributed by atoms with Crippen molar-refractivity contribution in [2.45, 2.75) is 62.9 Å². The highest BCUT2D eigenvalue weighted by Crippen LogP contribution is 2.47. The fourth-order valence-electron chi connectivity index (χ4n) is 8.24. The number of aryl methyl sites for hydroxylation is 1. The highest BCUT2D eigenvalue weighted by atomic mass is 32.2. The molecule has 0 saturated carbocycles. The maximum atomic E-state index is 14.3. The van der Waals surface area contributed by atoms with E-state index in [0.717, 1.165) is 41.2 Å². The minimum atomic E-state index is -5.03. The number of benzene rings is 3. The Morgan fingerprint density at radius 2 is 1.42 bits per heavy atom. The van der Waals surface area contributed by atoms with Crippen LogP contribution in [0, 0.1) is 12.8 Å². The van der Waals surface area contributed by atoms with Gasteiger partial charge < -0.3 is 29.3 Å². The highest BCUT2D eigenvalue weighted by molar-refractivity contribution is 7.90. The van der Waals surface area contributed by atoms with Gasteiger partial charge in [0.2, 0.25) is 0 Å². The van der Waals surface area contributed by atoms with Crippen molar-refractivity contribution in [1.82, 2.24) is 0 Å². The number of anilines is 1. The van der Waals surface area contributed by atoms with Gasteiger partial charge in [-0.05, 0) is 101 Å². The van der Waals surface area contributed by atoms with Gasteiger partial charge in [-0.3, -0.25) is 4.79 Å². The Morgan fingerprint density at radius 1 is 0.818 bits per heavy atom. The van der Waals surface area contributed by atoms with Gasteiger partial charge in [0.15, 0.2) is 5.78 Å². The number of allylic oxidation sites excluding steroid dienone is 9. The lowest BCUT2D eigenvalue weighted by Crippen LogP contribution is -2.29. The largest absolute Gasteiger partial charge is 0.744 e. The molecule has 1 heterocycles. The van der Waals surface area contributed by atoms with E-state index in [0.29, 0.717) is 11.1 Å². The molecule has 3 N–H and O–H groups in total. The SMILES string of the molecule is Cc1cc2c(O)c(c1)Cc1cc(S(=O)(=O)[O-])cc(c1O)CC1=CC(=CC=C3N(C)c4ccccc4C3(C)C)C=C(CC3C=C(S(=O)(=O)[O-])C=C(C2)C3O)C1=O. The first-order valence-electron chi connectivity index (χ1n) is 17.6. The summed E-state index contributed by atoms with van der Waals surface area (Å²) >= 11 is 0. The molecule has 0 saturated heterocycles. The lowest BCUT2D eigenvalue weighted by atomic mass is 9.79. The summed E-state index contributed by atoms with van der Waals surface area (Å²) in [6, 6.07) is 13.3. The third-order valence-electron chi connectivity index (χ3n) is 11.0. The molecule has 55 heavy (non-hydrogen) atoms. The molecule has 7 rings (SSSR count). The number of fused-ring (bicyclic) bond motifs is 9. The molecule has 13 heteroatoms. The third kappa shape index (κ3) is 7.14. The average Bonchev–Trinajstić information content (AvgIpc) is 3.29. The van der Waals surface area contributed by atoms with Crippen molar-refractivity contribution in [3.8, 4) is 11.5 Å². The zero-order chi connectivity index (χ0) is 39.8. The molecular formula is C42H39NO10S2-2.